The van der Waals surface area contributed by atoms with Crippen LogP contribution in [0, 0.1) is 12.3 Å². The molecule has 0 spiro atoms. The lowest BCUT2D eigenvalue weighted by Gasteiger charge is -2.36. The lowest BCUT2D eigenvalue weighted by atomic mass is 9.87. The van der Waals surface area contributed by atoms with Crippen molar-refractivity contribution >= 4 is 17.4 Å². The van der Waals surface area contributed by atoms with Gasteiger partial charge in [0, 0.05) is 24.7 Å². The number of hydrogen-bond donors (Lipinski definition) is 0. The maximum Gasteiger partial charge on any atom is 0.129 e. The van der Waals surface area contributed by atoms with Gasteiger partial charge in [-0.3, -0.25) is 0 Å². The summed E-state index contributed by atoms with van der Waals surface area (Å²) in [5, 5.41) is 0. The Morgan fingerprint density at radius 3 is 2.41 bits per heavy atom. The third-order valence-corrected chi connectivity index (χ3v) is 3.66. The van der Waals surface area contributed by atoms with E-state index in [1.54, 1.807) is 0 Å². The molecule has 96 valence electrons. The molecule has 0 aliphatic rings. The zero-order chi connectivity index (χ0) is 13.2. The first-order chi connectivity index (χ1) is 7.75. The first kappa shape index (κ1) is 14.3. The maximum absolute atomic E-state index is 5.90. The van der Waals surface area contributed by atoms with Gasteiger partial charge in [-0.15, -0.1) is 11.6 Å². The minimum Gasteiger partial charge on any atom is -0.356 e. The van der Waals surface area contributed by atoms with Gasteiger partial charge in [0.1, 0.15) is 5.82 Å². The van der Waals surface area contributed by atoms with Crippen LogP contribution in [0.1, 0.15) is 39.0 Å². The Morgan fingerprint density at radius 2 is 1.94 bits per heavy atom. The molecule has 0 aromatic carbocycles. The second-order valence-electron chi connectivity index (χ2n) is 5.76. The molecular weight excluding hydrogens is 232 g/mol. The van der Waals surface area contributed by atoms with Crippen molar-refractivity contribution in [2.24, 2.45) is 5.41 Å². The quantitative estimate of drug-likeness (QED) is 0.758. The van der Waals surface area contributed by atoms with Crippen LogP contribution < -0.4 is 4.90 Å². The van der Waals surface area contributed by atoms with Gasteiger partial charge < -0.3 is 4.90 Å². The summed E-state index contributed by atoms with van der Waals surface area (Å²) in [6.45, 7) is 11.0. The molecule has 0 bridgehead atoms. The van der Waals surface area contributed by atoms with Crippen molar-refractivity contribution in [3.8, 4) is 0 Å². The summed E-state index contributed by atoms with van der Waals surface area (Å²) in [5.74, 6) is 1.54. The largest absolute Gasteiger partial charge is 0.356 e. The van der Waals surface area contributed by atoms with E-state index in [0.29, 0.717) is 11.9 Å². The smallest absolute Gasteiger partial charge is 0.129 e. The molecule has 1 atom stereocenters. The normalized spacial score (nSPS) is 13.6. The van der Waals surface area contributed by atoms with E-state index in [2.05, 4.69) is 50.7 Å². The number of hydrogen-bond acceptors (Lipinski definition) is 2. The predicted molar refractivity (Wildman–Crippen MR) is 75.9 cm³/mol. The first-order valence-corrected chi connectivity index (χ1v) is 6.55. The van der Waals surface area contributed by atoms with Crippen molar-refractivity contribution in [3.63, 3.8) is 0 Å². The van der Waals surface area contributed by atoms with Gasteiger partial charge >= 0.3 is 0 Å². The highest BCUT2D eigenvalue weighted by atomic mass is 35.5. The van der Waals surface area contributed by atoms with Crippen molar-refractivity contribution < 1.29 is 0 Å². The maximum atomic E-state index is 5.90. The predicted octanol–water partition coefficient (Wildman–Crippen LogP) is 4.00. The van der Waals surface area contributed by atoms with E-state index in [-0.39, 0.29) is 5.41 Å². The van der Waals surface area contributed by atoms with Crippen molar-refractivity contribution in [2.75, 3.05) is 11.9 Å². The molecule has 0 amide bonds. The fourth-order valence-electron chi connectivity index (χ4n) is 1.76. The topological polar surface area (TPSA) is 16.1 Å². The summed E-state index contributed by atoms with van der Waals surface area (Å²) in [5.41, 5.74) is 2.37. The lowest BCUT2D eigenvalue weighted by molar-refractivity contribution is 0.328. The highest BCUT2D eigenvalue weighted by Gasteiger charge is 2.24. The van der Waals surface area contributed by atoms with Crippen molar-refractivity contribution in [3.05, 3.63) is 23.4 Å². The third-order valence-electron chi connectivity index (χ3n) is 3.35. The summed E-state index contributed by atoms with van der Waals surface area (Å²) < 4.78 is 0. The molecule has 0 aliphatic heterocycles. The van der Waals surface area contributed by atoms with Crippen LogP contribution in [-0.2, 0) is 5.88 Å². The van der Waals surface area contributed by atoms with E-state index in [9.17, 15) is 0 Å². The van der Waals surface area contributed by atoms with Crippen molar-refractivity contribution in [1.82, 2.24) is 4.98 Å². The summed E-state index contributed by atoms with van der Waals surface area (Å²) >= 11 is 5.90. The number of pyridine rings is 1. The van der Waals surface area contributed by atoms with E-state index >= 15 is 0 Å². The second-order valence-corrected chi connectivity index (χ2v) is 6.03. The van der Waals surface area contributed by atoms with Crippen LogP contribution in [0.5, 0.6) is 0 Å². The standard InChI is InChI=1S/C14H23ClN2/c1-10-7-12(9-15)8-13(16-10)17(6)11(2)14(3,4)5/h7-8,11H,9H2,1-6H3. The second kappa shape index (κ2) is 5.26. The molecule has 0 N–H and O–H groups in total. The lowest BCUT2D eigenvalue weighted by Crippen LogP contribution is -2.39. The average molecular weight is 255 g/mol. The molecule has 1 unspecified atom stereocenters. The molecule has 3 heteroatoms. The number of aromatic nitrogens is 1. The Labute approximate surface area is 110 Å². The molecule has 0 saturated heterocycles. The zero-order valence-electron chi connectivity index (χ0n) is 11.7. The van der Waals surface area contributed by atoms with E-state index in [1.807, 2.05) is 13.0 Å². The highest BCUT2D eigenvalue weighted by molar-refractivity contribution is 6.17. The number of aryl methyl sites for hydroxylation is 1. The van der Waals surface area contributed by atoms with E-state index in [4.69, 9.17) is 11.6 Å². The Hall–Kier alpha value is -0.760. The summed E-state index contributed by atoms with van der Waals surface area (Å²) in [4.78, 5) is 6.81. The van der Waals surface area contributed by atoms with Gasteiger partial charge in [-0.25, -0.2) is 4.98 Å². The number of anilines is 1. The van der Waals surface area contributed by atoms with Gasteiger partial charge in [-0.1, -0.05) is 20.8 Å². The number of alkyl halides is 1. The molecular formula is C14H23ClN2. The molecule has 1 heterocycles. The zero-order valence-corrected chi connectivity index (χ0v) is 12.5. The fourth-order valence-corrected chi connectivity index (χ4v) is 1.91. The molecule has 1 rings (SSSR count). The van der Waals surface area contributed by atoms with Crippen LogP contribution in [0.2, 0.25) is 0 Å². The average Bonchev–Trinajstić information content (AvgIpc) is 2.24. The van der Waals surface area contributed by atoms with E-state index in [1.165, 1.54) is 0 Å². The number of rotatable bonds is 3. The first-order valence-electron chi connectivity index (χ1n) is 6.02. The van der Waals surface area contributed by atoms with Crippen LogP contribution in [0.4, 0.5) is 5.82 Å². The van der Waals surface area contributed by atoms with Crippen molar-refractivity contribution in [1.29, 1.82) is 0 Å². The van der Waals surface area contributed by atoms with Gasteiger partial charge in [-0.2, -0.15) is 0 Å². The van der Waals surface area contributed by atoms with Gasteiger partial charge in [-0.05, 0) is 37.0 Å². The van der Waals surface area contributed by atoms with Crippen LogP contribution in [-0.4, -0.2) is 18.1 Å². The van der Waals surface area contributed by atoms with Gasteiger partial charge in [0.15, 0.2) is 0 Å². The highest BCUT2D eigenvalue weighted by Crippen LogP contribution is 2.27. The molecule has 17 heavy (non-hydrogen) atoms. The molecule has 2 nitrogen and oxygen atoms in total. The minimum atomic E-state index is 0.224. The summed E-state index contributed by atoms with van der Waals surface area (Å²) in [6.07, 6.45) is 0. The van der Waals surface area contributed by atoms with Gasteiger partial charge in [0.05, 0.1) is 0 Å². The number of halogens is 1. The van der Waals surface area contributed by atoms with Crippen LogP contribution >= 0.6 is 11.6 Å². The molecule has 1 aromatic rings. The minimum absolute atomic E-state index is 0.224. The Morgan fingerprint density at radius 1 is 1.35 bits per heavy atom. The molecule has 0 radical (unpaired) electrons. The van der Waals surface area contributed by atoms with E-state index < -0.39 is 0 Å². The van der Waals surface area contributed by atoms with Crippen molar-refractivity contribution in [2.45, 2.75) is 46.5 Å². The van der Waals surface area contributed by atoms with E-state index in [0.717, 1.165) is 17.1 Å². The summed E-state index contributed by atoms with van der Waals surface area (Å²) in [6, 6.07) is 4.52. The van der Waals surface area contributed by atoms with Crippen LogP contribution in [0.15, 0.2) is 12.1 Å². The molecule has 1 aromatic heterocycles. The fraction of sp³-hybridized carbons (Fsp3) is 0.643. The Kier molecular flexibility index (Phi) is 4.42. The Bertz CT molecular complexity index is 382. The van der Waals surface area contributed by atoms with Crippen LogP contribution in [0.25, 0.3) is 0 Å². The monoisotopic (exact) mass is 254 g/mol. The van der Waals surface area contributed by atoms with Gasteiger partial charge in [0.25, 0.3) is 0 Å². The number of nitrogens with zero attached hydrogens (tertiary/aromatic N) is 2. The SMILES string of the molecule is Cc1cc(CCl)cc(N(C)C(C)C(C)(C)C)n1. The molecule has 0 saturated carbocycles. The Balaban J connectivity index is 3.03. The van der Waals surface area contributed by atoms with Crippen LogP contribution in [0.3, 0.4) is 0 Å². The molecule has 0 aliphatic carbocycles. The molecule has 0 fully saturated rings. The summed E-state index contributed by atoms with van der Waals surface area (Å²) in [7, 11) is 2.09. The third kappa shape index (κ3) is 3.60. The van der Waals surface area contributed by atoms with Gasteiger partial charge in [0.2, 0.25) is 0 Å².